The number of nitrogens with zero attached hydrogens (tertiary/aromatic N) is 2. The number of amides is 2. The maximum atomic E-state index is 15.1. The summed E-state index contributed by atoms with van der Waals surface area (Å²) < 4.78 is 63.4. The Bertz CT molecular complexity index is 1740. The lowest BCUT2D eigenvalue weighted by atomic mass is 10.0. The second kappa shape index (κ2) is 16.2. The summed E-state index contributed by atoms with van der Waals surface area (Å²) >= 11 is 0. The maximum absolute atomic E-state index is 15.1. The van der Waals surface area contributed by atoms with Crippen LogP contribution in [0.25, 0.3) is 0 Å². The van der Waals surface area contributed by atoms with Gasteiger partial charge in [-0.15, -0.1) is 0 Å². The number of rotatable bonds is 15. The lowest BCUT2D eigenvalue weighted by Crippen LogP contribution is -2.54. The van der Waals surface area contributed by atoms with Gasteiger partial charge in [-0.3, -0.25) is 13.9 Å². The minimum absolute atomic E-state index is 0.0943. The van der Waals surface area contributed by atoms with Crippen LogP contribution in [0, 0.1) is 11.6 Å². The molecular weight excluding hydrogens is 624 g/mol. The van der Waals surface area contributed by atoms with Crippen LogP contribution in [0.3, 0.4) is 0 Å². The van der Waals surface area contributed by atoms with Gasteiger partial charge in [-0.2, -0.15) is 0 Å². The maximum Gasteiger partial charge on any atom is 0.264 e. The molecule has 4 rings (SSSR count). The summed E-state index contributed by atoms with van der Waals surface area (Å²) in [7, 11) is -4.43. The van der Waals surface area contributed by atoms with E-state index in [2.05, 4.69) is 5.32 Å². The van der Waals surface area contributed by atoms with E-state index >= 15 is 4.39 Å². The van der Waals surface area contributed by atoms with Crippen LogP contribution in [-0.2, 0) is 32.6 Å². The molecule has 4 aromatic carbocycles. The Kier molecular flexibility index (Phi) is 12.1. The van der Waals surface area contributed by atoms with E-state index in [1.54, 1.807) is 18.2 Å². The average molecular weight is 664 g/mol. The molecule has 0 aliphatic rings. The van der Waals surface area contributed by atoms with Crippen LogP contribution in [0.2, 0.25) is 0 Å². The topological polar surface area (TPSA) is 96.0 Å². The van der Waals surface area contributed by atoms with Gasteiger partial charge in [0.15, 0.2) is 0 Å². The zero-order valence-corrected chi connectivity index (χ0v) is 27.4. The largest absolute Gasteiger partial charge is 0.494 e. The molecule has 47 heavy (non-hydrogen) atoms. The molecule has 2 atom stereocenters. The van der Waals surface area contributed by atoms with Crippen LogP contribution in [0.5, 0.6) is 5.75 Å². The third kappa shape index (κ3) is 9.16. The summed E-state index contributed by atoms with van der Waals surface area (Å²) in [5.41, 5.74) is 1.05. The fourth-order valence-electron chi connectivity index (χ4n) is 4.94. The molecule has 0 aliphatic heterocycles. The molecule has 0 unspecified atom stereocenters. The molecule has 0 radical (unpaired) electrons. The van der Waals surface area contributed by atoms with Gasteiger partial charge in [0.1, 0.15) is 30.0 Å². The van der Waals surface area contributed by atoms with Gasteiger partial charge in [-0.05, 0) is 80.4 Å². The standard InChI is InChI=1S/C36H39F2N3O5S/c1-4-26(3)39-36(43)34(23-27-11-7-6-8-12-27)40(24-28-13-9-10-14-33(28)38)35(42)25-41(30-17-19-31(20-18-30)46-5-2)47(44,45)32-21-15-29(37)16-22-32/h6-22,26,34H,4-5,23-25H2,1-3H3,(H,39,43)/t26-,34-/m1/s1. The van der Waals surface area contributed by atoms with Crippen molar-refractivity contribution in [1.82, 2.24) is 10.2 Å². The summed E-state index contributed by atoms with van der Waals surface area (Å²) in [4.78, 5) is 29.3. The molecule has 0 bridgehead atoms. The normalized spacial score (nSPS) is 12.5. The number of nitrogens with one attached hydrogen (secondary N) is 1. The molecule has 2 amide bonds. The molecular formula is C36H39F2N3O5S. The van der Waals surface area contributed by atoms with Crippen LogP contribution in [0.4, 0.5) is 14.5 Å². The zero-order chi connectivity index (χ0) is 34.0. The first-order valence-electron chi connectivity index (χ1n) is 15.4. The van der Waals surface area contributed by atoms with E-state index in [-0.39, 0.29) is 35.2 Å². The average Bonchev–Trinajstić information content (AvgIpc) is 3.07. The molecule has 11 heteroatoms. The quantitative estimate of drug-likeness (QED) is 0.166. The van der Waals surface area contributed by atoms with E-state index < -0.39 is 46.1 Å². The van der Waals surface area contributed by atoms with Crippen molar-refractivity contribution in [2.45, 2.75) is 57.1 Å². The van der Waals surface area contributed by atoms with Crippen LogP contribution in [0.15, 0.2) is 108 Å². The molecule has 248 valence electrons. The van der Waals surface area contributed by atoms with Crippen molar-refractivity contribution in [3.05, 3.63) is 126 Å². The molecule has 8 nitrogen and oxygen atoms in total. The van der Waals surface area contributed by atoms with Crippen LogP contribution in [-0.4, -0.2) is 50.4 Å². The van der Waals surface area contributed by atoms with Crippen LogP contribution in [0.1, 0.15) is 38.3 Å². The number of anilines is 1. The Morgan fingerprint density at radius 3 is 2.11 bits per heavy atom. The summed E-state index contributed by atoms with van der Waals surface area (Å²) in [6, 6.07) is 24.1. The Balaban J connectivity index is 1.81. The predicted octanol–water partition coefficient (Wildman–Crippen LogP) is 6.11. The Morgan fingerprint density at radius 1 is 0.851 bits per heavy atom. The van der Waals surface area contributed by atoms with Crippen molar-refractivity contribution in [1.29, 1.82) is 0 Å². The lowest BCUT2D eigenvalue weighted by Gasteiger charge is -2.34. The van der Waals surface area contributed by atoms with Crippen LogP contribution >= 0.6 is 0 Å². The Hall–Kier alpha value is -4.77. The van der Waals surface area contributed by atoms with E-state index in [1.807, 2.05) is 51.1 Å². The molecule has 0 saturated heterocycles. The number of ether oxygens (including phenoxy) is 1. The minimum atomic E-state index is -4.43. The molecule has 0 aromatic heterocycles. The van der Waals surface area contributed by atoms with Crippen molar-refractivity contribution in [2.24, 2.45) is 0 Å². The first-order valence-corrected chi connectivity index (χ1v) is 16.9. The third-order valence-corrected chi connectivity index (χ3v) is 9.47. The van der Waals surface area contributed by atoms with E-state index in [9.17, 15) is 22.4 Å². The lowest BCUT2D eigenvalue weighted by molar-refractivity contribution is -0.140. The van der Waals surface area contributed by atoms with Gasteiger partial charge in [-0.25, -0.2) is 17.2 Å². The fourth-order valence-corrected chi connectivity index (χ4v) is 6.36. The smallest absolute Gasteiger partial charge is 0.264 e. The number of hydrogen-bond donors (Lipinski definition) is 1. The van der Waals surface area contributed by atoms with E-state index in [4.69, 9.17) is 4.74 Å². The number of carbonyl (C=O) groups excluding carboxylic acids is 2. The summed E-state index contributed by atoms with van der Waals surface area (Å²) in [6.45, 7) is 4.92. The first-order chi connectivity index (χ1) is 22.5. The summed E-state index contributed by atoms with van der Waals surface area (Å²) in [5.74, 6) is -1.91. The highest BCUT2D eigenvalue weighted by Crippen LogP contribution is 2.27. The van der Waals surface area contributed by atoms with Crippen molar-refractivity contribution < 1.29 is 31.5 Å². The van der Waals surface area contributed by atoms with Crippen molar-refractivity contribution >= 4 is 27.5 Å². The van der Waals surface area contributed by atoms with Gasteiger partial charge < -0.3 is 15.0 Å². The highest BCUT2D eigenvalue weighted by Gasteiger charge is 2.35. The fraction of sp³-hybridized carbons (Fsp3) is 0.278. The second-order valence-corrected chi connectivity index (χ2v) is 12.9. The number of sulfonamides is 1. The Morgan fingerprint density at radius 2 is 1.49 bits per heavy atom. The minimum Gasteiger partial charge on any atom is -0.494 e. The van der Waals surface area contributed by atoms with Gasteiger partial charge >= 0.3 is 0 Å². The zero-order valence-electron chi connectivity index (χ0n) is 26.6. The van der Waals surface area contributed by atoms with E-state index in [0.717, 1.165) is 34.1 Å². The van der Waals surface area contributed by atoms with Gasteiger partial charge in [-0.1, -0.05) is 55.5 Å². The molecule has 4 aromatic rings. The van der Waals surface area contributed by atoms with Crippen LogP contribution < -0.4 is 14.4 Å². The second-order valence-electron chi connectivity index (χ2n) is 11.0. The summed E-state index contributed by atoms with van der Waals surface area (Å²) in [5, 5.41) is 2.94. The highest BCUT2D eigenvalue weighted by atomic mass is 32.2. The molecule has 0 heterocycles. The monoisotopic (exact) mass is 663 g/mol. The van der Waals surface area contributed by atoms with E-state index in [0.29, 0.717) is 18.8 Å². The molecule has 0 aliphatic carbocycles. The van der Waals surface area contributed by atoms with E-state index in [1.165, 1.54) is 35.2 Å². The van der Waals surface area contributed by atoms with Gasteiger partial charge in [0.05, 0.1) is 17.2 Å². The van der Waals surface area contributed by atoms with Crippen molar-refractivity contribution in [2.75, 3.05) is 17.5 Å². The number of halogens is 2. The van der Waals surface area contributed by atoms with Crippen molar-refractivity contribution in [3.8, 4) is 5.75 Å². The third-order valence-electron chi connectivity index (χ3n) is 7.69. The van der Waals surface area contributed by atoms with Gasteiger partial charge in [0, 0.05) is 24.6 Å². The highest BCUT2D eigenvalue weighted by molar-refractivity contribution is 7.92. The number of benzene rings is 4. The molecule has 0 saturated carbocycles. The molecule has 0 fully saturated rings. The molecule has 0 spiro atoms. The van der Waals surface area contributed by atoms with Gasteiger partial charge in [0.25, 0.3) is 10.0 Å². The van der Waals surface area contributed by atoms with Crippen molar-refractivity contribution in [3.63, 3.8) is 0 Å². The first kappa shape index (κ1) is 35.1. The summed E-state index contributed by atoms with van der Waals surface area (Å²) in [6.07, 6.45) is 0.726. The number of carbonyl (C=O) groups is 2. The Labute approximate surface area is 275 Å². The van der Waals surface area contributed by atoms with Gasteiger partial charge in [0.2, 0.25) is 11.8 Å². The molecule has 1 N–H and O–H groups in total. The SMILES string of the molecule is CCOc1ccc(N(CC(=O)N(Cc2ccccc2F)[C@H](Cc2ccccc2)C(=O)N[C@H](C)CC)S(=O)(=O)c2ccc(F)cc2)cc1. The predicted molar refractivity (Wildman–Crippen MR) is 177 cm³/mol. The number of hydrogen-bond acceptors (Lipinski definition) is 5.